The molecule has 30 heavy (non-hydrogen) atoms. The van der Waals surface area contributed by atoms with Gasteiger partial charge in [-0.05, 0) is 30.7 Å². The zero-order chi connectivity index (χ0) is 21.1. The van der Waals surface area contributed by atoms with Gasteiger partial charge < -0.3 is 10.2 Å². The van der Waals surface area contributed by atoms with E-state index in [2.05, 4.69) is 51.3 Å². The van der Waals surface area contributed by atoms with Gasteiger partial charge in [-0.2, -0.15) is 4.31 Å². The second-order valence-electron chi connectivity index (χ2n) is 8.49. The molecule has 1 aromatic carbocycles. The van der Waals surface area contributed by atoms with E-state index in [0.717, 1.165) is 38.5 Å². The molecule has 2 aliphatic rings. The van der Waals surface area contributed by atoms with Crippen molar-refractivity contribution in [1.82, 2.24) is 19.1 Å². The number of benzene rings is 1. The number of hydrogen-bond acceptors (Lipinski definition) is 6. The molecule has 2 saturated heterocycles. The van der Waals surface area contributed by atoms with E-state index in [1.54, 1.807) is 16.4 Å². The summed E-state index contributed by atoms with van der Waals surface area (Å²) in [7, 11) is -1.46. The van der Waals surface area contributed by atoms with E-state index >= 15 is 0 Å². The average molecular weight is 430 g/mol. The average Bonchev–Trinajstić information content (AvgIpc) is 3.08. The van der Waals surface area contributed by atoms with Crippen LogP contribution in [0.25, 0.3) is 0 Å². The molecule has 2 aliphatic heterocycles. The van der Waals surface area contributed by atoms with Crippen LogP contribution >= 0.6 is 0 Å². The zero-order valence-electron chi connectivity index (χ0n) is 17.7. The second kappa shape index (κ2) is 9.01. The van der Waals surface area contributed by atoms with E-state index in [1.807, 2.05) is 13.1 Å². The van der Waals surface area contributed by atoms with Crippen LogP contribution in [0.4, 0.5) is 5.82 Å². The van der Waals surface area contributed by atoms with Crippen molar-refractivity contribution in [2.24, 2.45) is 5.92 Å². The Kier molecular flexibility index (Phi) is 6.38. The second-order valence-corrected chi connectivity index (χ2v) is 10.4. The first kappa shape index (κ1) is 21.2. The molecule has 0 spiro atoms. The SMILES string of the molecule is CC1CN(Cc2ccccc2)CC1Nc1ccc(S(=O)(=O)N2CCN(C)CC2)cn1. The van der Waals surface area contributed by atoms with Gasteiger partial charge in [0, 0.05) is 58.1 Å². The molecule has 2 aromatic rings. The van der Waals surface area contributed by atoms with E-state index < -0.39 is 10.0 Å². The van der Waals surface area contributed by atoms with Crippen LogP contribution < -0.4 is 5.32 Å². The Labute approximate surface area is 179 Å². The number of rotatable bonds is 6. The van der Waals surface area contributed by atoms with E-state index in [-0.39, 0.29) is 4.90 Å². The molecule has 0 saturated carbocycles. The summed E-state index contributed by atoms with van der Waals surface area (Å²) >= 11 is 0. The van der Waals surface area contributed by atoms with E-state index in [1.165, 1.54) is 11.8 Å². The number of likely N-dealkylation sites (N-methyl/N-ethyl adjacent to an activating group) is 1. The van der Waals surface area contributed by atoms with Crippen molar-refractivity contribution in [1.29, 1.82) is 0 Å². The monoisotopic (exact) mass is 429 g/mol. The van der Waals surface area contributed by atoms with E-state index in [9.17, 15) is 8.42 Å². The number of nitrogens with zero attached hydrogens (tertiary/aromatic N) is 4. The zero-order valence-corrected chi connectivity index (χ0v) is 18.6. The molecule has 2 atom stereocenters. The highest BCUT2D eigenvalue weighted by Crippen LogP contribution is 2.23. The van der Waals surface area contributed by atoms with Crippen molar-refractivity contribution in [2.75, 3.05) is 51.6 Å². The lowest BCUT2D eigenvalue weighted by molar-refractivity contribution is 0.222. The van der Waals surface area contributed by atoms with Crippen molar-refractivity contribution in [3.8, 4) is 0 Å². The fraction of sp³-hybridized carbons (Fsp3) is 0.500. The normalized spacial score (nSPS) is 24.2. The van der Waals surface area contributed by atoms with Gasteiger partial charge in [0.1, 0.15) is 10.7 Å². The number of likely N-dealkylation sites (tertiary alicyclic amines) is 1. The van der Waals surface area contributed by atoms with Gasteiger partial charge in [0.2, 0.25) is 10.0 Å². The Bertz CT molecular complexity index is 928. The molecule has 2 fully saturated rings. The molecular weight excluding hydrogens is 398 g/mol. The van der Waals surface area contributed by atoms with Crippen molar-refractivity contribution in [3.63, 3.8) is 0 Å². The van der Waals surface area contributed by atoms with Crippen LogP contribution in [0.5, 0.6) is 0 Å². The third kappa shape index (κ3) is 4.83. The number of aromatic nitrogens is 1. The van der Waals surface area contributed by atoms with Crippen LogP contribution in [0.15, 0.2) is 53.6 Å². The number of hydrogen-bond donors (Lipinski definition) is 1. The van der Waals surface area contributed by atoms with Crippen molar-refractivity contribution < 1.29 is 8.42 Å². The van der Waals surface area contributed by atoms with Gasteiger partial charge in [-0.1, -0.05) is 37.3 Å². The molecule has 1 aromatic heterocycles. The van der Waals surface area contributed by atoms with Gasteiger partial charge in [0.15, 0.2) is 0 Å². The van der Waals surface area contributed by atoms with Crippen LogP contribution in [-0.2, 0) is 16.6 Å². The Morgan fingerprint density at radius 3 is 2.43 bits per heavy atom. The molecule has 0 amide bonds. The van der Waals surface area contributed by atoms with E-state index in [4.69, 9.17) is 0 Å². The van der Waals surface area contributed by atoms with Crippen molar-refractivity contribution in [3.05, 3.63) is 54.2 Å². The van der Waals surface area contributed by atoms with E-state index in [0.29, 0.717) is 25.0 Å². The summed E-state index contributed by atoms with van der Waals surface area (Å²) in [4.78, 5) is 9.27. The summed E-state index contributed by atoms with van der Waals surface area (Å²) in [6, 6.07) is 14.3. The van der Waals surface area contributed by atoms with Crippen LogP contribution in [0.3, 0.4) is 0 Å². The quantitative estimate of drug-likeness (QED) is 0.757. The molecule has 2 unspecified atom stereocenters. The smallest absolute Gasteiger partial charge is 0.244 e. The largest absolute Gasteiger partial charge is 0.366 e. The summed E-state index contributed by atoms with van der Waals surface area (Å²) in [6.45, 7) is 7.72. The van der Waals surface area contributed by atoms with Gasteiger partial charge in [0.25, 0.3) is 0 Å². The Morgan fingerprint density at radius 1 is 1.03 bits per heavy atom. The molecule has 3 heterocycles. The maximum atomic E-state index is 12.9. The fourth-order valence-electron chi connectivity index (χ4n) is 4.21. The number of piperazine rings is 1. The lowest BCUT2D eigenvalue weighted by Crippen LogP contribution is -2.47. The minimum absolute atomic E-state index is 0.266. The van der Waals surface area contributed by atoms with Crippen molar-refractivity contribution >= 4 is 15.8 Å². The third-order valence-corrected chi connectivity index (χ3v) is 7.99. The summed E-state index contributed by atoms with van der Waals surface area (Å²) in [6.07, 6.45) is 1.48. The maximum absolute atomic E-state index is 12.9. The summed E-state index contributed by atoms with van der Waals surface area (Å²) in [5.41, 5.74) is 1.32. The Balaban J connectivity index is 1.36. The standard InChI is InChI=1S/C22H31N5O2S/c1-18-15-26(16-19-6-4-3-5-7-19)17-21(18)24-22-9-8-20(14-23-22)30(28,29)27-12-10-25(2)11-13-27/h3-9,14,18,21H,10-13,15-17H2,1-2H3,(H,23,24). The van der Waals surface area contributed by atoms with Gasteiger partial charge in [-0.15, -0.1) is 0 Å². The van der Waals surface area contributed by atoms with Crippen LogP contribution in [0.2, 0.25) is 0 Å². The Hall–Kier alpha value is -2.00. The molecule has 8 heteroatoms. The van der Waals surface area contributed by atoms with Gasteiger partial charge >= 0.3 is 0 Å². The first-order chi connectivity index (χ1) is 14.4. The van der Waals surface area contributed by atoms with Crippen molar-refractivity contribution in [2.45, 2.75) is 24.4 Å². The fourth-order valence-corrected chi connectivity index (χ4v) is 5.58. The molecule has 0 radical (unpaired) electrons. The minimum atomic E-state index is -3.48. The molecule has 7 nitrogen and oxygen atoms in total. The lowest BCUT2D eigenvalue weighted by atomic mass is 10.1. The topological polar surface area (TPSA) is 68.8 Å². The van der Waals surface area contributed by atoms with Crippen LogP contribution in [0.1, 0.15) is 12.5 Å². The van der Waals surface area contributed by atoms with Gasteiger partial charge in [0.05, 0.1) is 0 Å². The number of anilines is 1. The highest BCUT2D eigenvalue weighted by molar-refractivity contribution is 7.89. The number of pyridine rings is 1. The predicted molar refractivity (Wildman–Crippen MR) is 119 cm³/mol. The van der Waals surface area contributed by atoms with Crippen LogP contribution in [-0.4, -0.2) is 79.9 Å². The Morgan fingerprint density at radius 2 is 1.77 bits per heavy atom. The third-order valence-electron chi connectivity index (χ3n) is 6.11. The highest BCUT2D eigenvalue weighted by Gasteiger charge is 2.30. The maximum Gasteiger partial charge on any atom is 0.244 e. The van der Waals surface area contributed by atoms with Gasteiger partial charge in [-0.25, -0.2) is 13.4 Å². The first-order valence-corrected chi connectivity index (χ1v) is 12.0. The summed E-state index contributed by atoms with van der Waals surface area (Å²) in [5, 5.41) is 3.50. The van der Waals surface area contributed by atoms with Gasteiger partial charge in [-0.3, -0.25) is 4.90 Å². The lowest BCUT2D eigenvalue weighted by Gasteiger charge is -2.31. The molecule has 162 valence electrons. The first-order valence-electron chi connectivity index (χ1n) is 10.6. The molecule has 0 bridgehead atoms. The minimum Gasteiger partial charge on any atom is -0.366 e. The molecule has 4 rings (SSSR count). The molecule has 1 N–H and O–H groups in total. The summed E-state index contributed by atoms with van der Waals surface area (Å²) in [5.74, 6) is 1.22. The molecule has 0 aliphatic carbocycles. The predicted octanol–water partition coefficient (Wildman–Crippen LogP) is 1.95. The number of sulfonamides is 1. The van der Waals surface area contributed by atoms with Crippen LogP contribution in [0, 0.1) is 5.92 Å². The molecular formula is C22H31N5O2S. The summed E-state index contributed by atoms with van der Waals surface area (Å²) < 4.78 is 27.3. The number of nitrogens with one attached hydrogen (secondary N) is 1. The highest BCUT2D eigenvalue weighted by atomic mass is 32.2.